The van der Waals surface area contributed by atoms with Crippen LogP contribution in [0.2, 0.25) is 0 Å². The van der Waals surface area contributed by atoms with E-state index >= 15 is 0 Å². The van der Waals surface area contributed by atoms with E-state index < -0.39 is 0 Å². The van der Waals surface area contributed by atoms with Crippen LogP contribution >= 0.6 is 0 Å². The monoisotopic (exact) mass is 282 g/mol. The Morgan fingerprint density at radius 1 is 1.40 bits per heavy atom. The number of hydrogen-bond donors (Lipinski definition) is 2. The summed E-state index contributed by atoms with van der Waals surface area (Å²) in [6, 6.07) is 0.919. The number of nitrogens with zero attached hydrogens (tertiary/aromatic N) is 2. The highest BCUT2D eigenvalue weighted by molar-refractivity contribution is 5.20. The molecule has 114 valence electrons. The van der Waals surface area contributed by atoms with Crippen molar-refractivity contribution in [3.05, 3.63) is 5.89 Å². The lowest BCUT2D eigenvalue weighted by Crippen LogP contribution is -2.40. The quantitative estimate of drug-likeness (QED) is 0.835. The Morgan fingerprint density at radius 3 is 2.90 bits per heavy atom. The first-order chi connectivity index (χ1) is 9.50. The number of hydrogen-bond acceptors (Lipinski definition) is 6. The van der Waals surface area contributed by atoms with Gasteiger partial charge in [-0.05, 0) is 46.6 Å². The standard InChI is InChI=1S/C14H26N4O2/c1-5-7-15-10(2)12-17-18-13(20-12)16-11-6-8-19-14(3,4)9-11/h10-11,15H,5-9H2,1-4H3,(H,16,18). The Labute approximate surface area is 120 Å². The average Bonchev–Trinajstić information content (AvgIpc) is 2.83. The lowest BCUT2D eigenvalue weighted by Gasteiger charge is -2.35. The topological polar surface area (TPSA) is 72.2 Å². The molecule has 2 rings (SSSR count). The van der Waals surface area contributed by atoms with E-state index in [1.165, 1.54) is 0 Å². The average molecular weight is 282 g/mol. The van der Waals surface area contributed by atoms with E-state index in [1.54, 1.807) is 0 Å². The third-order valence-electron chi connectivity index (χ3n) is 3.54. The largest absolute Gasteiger partial charge is 0.406 e. The molecule has 1 aromatic heterocycles. The van der Waals surface area contributed by atoms with Crippen LogP contribution in [0.5, 0.6) is 0 Å². The van der Waals surface area contributed by atoms with Gasteiger partial charge in [0.25, 0.3) is 0 Å². The maximum Gasteiger partial charge on any atom is 0.315 e. The zero-order valence-corrected chi connectivity index (χ0v) is 12.9. The van der Waals surface area contributed by atoms with Crippen molar-refractivity contribution in [1.29, 1.82) is 0 Å². The normalized spacial score (nSPS) is 23.5. The van der Waals surface area contributed by atoms with E-state index in [2.05, 4.69) is 41.6 Å². The van der Waals surface area contributed by atoms with Gasteiger partial charge in [0.05, 0.1) is 11.6 Å². The van der Waals surface area contributed by atoms with Crippen LogP contribution in [0.3, 0.4) is 0 Å². The van der Waals surface area contributed by atoms with Gasteiger partial charge in [-0.2, -0.15) is 0 Å². The second-order valence-electron chi connectivity index (χ2n) is 6.06. The maximum atomic E-state index is 5.70. The third-order valence-corrected chi connectivity index (χ3v) is 3.54. The summed E-state index contributed by atoms with van der Waals surface area (Å²) in [4.78, 5) is 0. The summed E-state index contributed by atoms with van der Waals surface area (Å²) in [7, 11) is 0. The Hall–Kier alpha value is -1.14. The second kappa shape index (κ2) is 6.54. The second-order valence-corrected chi connectivity index (χ2v) is 6.06. The molecule has 0 aromatic carbocycles. The number of aromatic nitrogens is 2. The molecule has 0 bridgehead atoms. The summed E-state index contributed by atoms with van der Waals surface area (Å²) >= 11 is 0. The number of ether oxygens (including phenoxy) is 1. The van der Waals surface area contributed by atoms with Gasteiger partial charge >= 0.3 is 6.01 Å². The van der Waals surface area contributed by atoms with Gasteiger partial charge in [0.2, 0.25) is 5.89 Å². The van der Waals surface area contributed by atoms with Crippen LogP contribution in [0.25, 0.3) is 0 Å². The minimum absolute atomic E-state index is 0.0872. The molecule has 1 fully saturated rings. The fourth-order valence-electron chi connectivity index (χ4n) is 2.45. The summed E-state index contributed by atoms with van der Waals surface area (Å²) < 4.78 is 11.4. The molecule has 2 N–H and O–H groups in total. The number of rotatable bonds is 6. The Kier molecular flexibility index (Phi) is 4.99. The van der Waals surface area contributed by atoms with Crippen molar-refractivity contribution in [2.24, 2.45) is 0 Å². The number of anilines is 1. The van der Waals surface area contributed by atoms with Crippen molar-refractivity contribution in [3.8, 4) is 0 Å². The maximum absolute atomic E-state index is 5.70. The molecular formula is C14H26N4O2. The SMILES string of the molecule is CCCNC(C)c1nnc(NC2CCOC(C)(C)C2)o1. The molecule has 1 aliphatic heterocycles. The van der Waals surface area contributed by atoms with Crippen molar-refractivity contribution >= 4 is 6.01 Å². The summed E-state index contributed by atoms with van der Waals surface area (Å²) in [6.45, 7) is 10.1. The van der Waals surface area contributed by atoms with Crippen molar-refractivity contribution in [1.82, 2.24) is 15.5 Å². The van der Waals surface area contributed by atoms with Gasteiger partial charge < -0.3 is 19.8 Å². The predicted molar refractivity (Wildman–Crippen MR) is 77.7 cm³/mol. The lowest BCUT2D eigenvalue weighted by atomic mass is 9.94. The first-order valence-electron chi connectivity index (χ1n) is 7.47. The smallest absolute Gasteiger partial charge is 0.315 e. The van der Waals surface area contributed by atoms with Gasteiger partial charge in [-0.25, -0.2) is 0 Å². The van der Waals surface area contributed by atoms with Crippen molar-refractivity contribution < 1.29 is 9.15 Å². The summed E-state index contributed by atoms with van der Waals surface area (Å²) in [5, 5.41) is 14.8. The summed E-state index contributed by atoms with van der Waals surface area (Å²) in [5.41, 5.74) is -0.0886. The van der Waals surface area contributed by atoms with E-state index in [9.17, 15) is 0 Å². The molecule has 6 nitrogen and oxygen atoms in total. The van der Waals surface area contributed by atoms with E-state index in [0.717, 1.165) is 32.4 Å². The van der Waals surface area contributed by atoms with Gasteiger partial charge in [-0.1, -0.05) is 12.0 Å². The van der Waals surface area contributed by atoms with Crippen molar-refractivity contribution in [3.63, 3.8) is 0 Å². The molecule has 6 heteroatoms. The Balaban J connectivity index is 1.89. The summed E-state index contributed by atoms with van der Waals surface area (Å²) in [6.07, 6.45) is 2.99. The molecule has 1 saturated heterocycles. The van der Waals surface area contributed by atoms with Gasteiger partial charge in [0.1, 0.15) is 0 Å². The van der Waals surface area contributed by atoms with Crippen LogP contribution in [0.4, 0.5) is 6.01 Å². The zero-order valence-electron chi connectivity index (χ0n) is 12.9. The molecule has 2 unspecified atom stereocenters. The van der Waals surface area contributed by atoms with E-state index in [1.807, 2.05) is 6.92 Å². The minimum Gasteiger partial charge on any atom is -0.406 e. The number of nitrogens with one attached hydrogen (secondary N) is 2. The molecule has 20 heavy (non-hydrogen) atoms. The van der Waals surface area contributed by atoms with E-state index in [0.29, 0.717) is 17.9 Å². The lowest BCUT2D eigenvalue weighted by molar-refractivity contribution is -0.0555. The van der Waals surface area contributed by atoms with Crippen LogP contribution < -0.4 is 10.6 Å². The first-order valence-corrected chi connectivity index (χ1v) is 7.47. The molecule has 0 spiro atoms. The highest BCUT2D eigenvalue weighted by atomic mass is 16.5. The fourth-order valence-corrected chi connectivity index (χ4v) is 2.45. The molecular weight excluding hydrogens is 256 g/mol. The first kappa shape index (κ1) is 15.3. The molecule has 2 heterocycles. The van der Waals surface area contributed by atoms with Gasteiger partial charge in [0, 0.05) is 12.6 Å². The Morgan fingerprint density at radius 2 is 2.20 bits per heavy atom. The molecule has 1 aliphatic rings. The predicted octanol–water partition coefficient (Wildman–Crippen LogP) is 2.50. The van der Waals surface area contributed by atoms with Crippen molar-refractivity contribution in [2.45, 2.75) is 64.6 Å². The van der Waals surface area contributed by atoms with Crippen LogP contribution in [-0.4, -0.2) is 35.0 Å². The van der Waals surface area contributed by atoms with Crippen LogP contribution in [-0.2, 0) is 4.74 Å². The van der Waals surface area contributed by atoms with E-state index in [-0.39, 0.29) is 11.6 Å². The molecule has 0 radical (unpaired) electrons. The zero-order chi connectivity index (χ0) is 14.6. The Bertz CT molecular complexity index is 419. The minimum atomic E-state index is -0.0886. The molecule has 0 amide bonds. The fraction of sp³-hybridized carbons (Fsp3) is 0.857. The molecule has 0 saturated carbocycles. The third kappa shape index (κ3) is 4.18. The highest BCUT2D eigenvalue weighted by Gasteiger charge is 2.29. The van der Waals surface area contributed by atoms with Crippen LogP contribution in [0.1, 0.15) is 58.9 Å². The van der Waals surface area contributed by atoms with Crippen LogP contribution in [0, 0.1) is 0 Å². The van der Waals surface area contributed by atoms with Gasteiger partial charge in [0.15, 0.2) is 0 Å². The molecule has 2 atom stereocenters. The molecule has 0 aliphatic carbocycles. The van der Waals surface area contributed by atoms with E-state index in [4.69, 9.17) is 9.15 Å². The van der Waals surface area contributed by atoms with Crippen LogP contribution in [0.15, 0.2) is 4.42 Å². The van der Waals surface area contributed by atoms with Crippen molar-refractivity contribution in [2.75, 3.05) is 18.5 Å². The van der Waals surface area contributed by atoms with Gasteiger partial charge in [-0.15, -0.1) is 5.10 Å². The summed E-state index contributed by atoms with van der Waals surface area (Å²) in [5.74, 6) is 0.632. The highest BCUT2D eigenvalue weighted by Crippen LogP contribution is 2.26. The molecule has 1 aromatic rings. The van der Waals surface area contributed by atoms with Gasteiger partial charge in [-0.3, -0.25) is 0 Å².